The standard InChI is InChI=1S/C13H8O3S/c14-8-5-6-10-11(12(8)13(15)16)7-3-1-2-4-9(7)17-10/h1-6,14H,(H,15,16). The van der Waals surface area contributed by atoms with Crippen LogP contribution in [0.5, 0.6) is 5.75 Å². The normalized spacial score (nSPS) is 11.1. The van der Waals surface area contributed by atoms with E-state index < -0.39 is 5.97 Å². The first-order valence-corrected chi connectivity index (χ1v) is 5.86. The van der Waals surface area contributed by atoms with E-state index in [4.69, 9.17) is 0 Å². The van der Waals surface area contributed by atoms with Gasteiger partial charge in [-0.1, -0.05) is 18.2 Å². The number of hydrogen-bond donors (Lipinski definition) is 2. The predicted octanol–water partition coefficient (Wildman–Crippen LogP) is 3.46. The van der Waals surface area contributed by atoms with Gasteiger partial charge in [-0.15, -0.1) is 11.3 Å². The minimum absolute atomic E-state index is 0.0139. The minimum Gasteiger partial charge on any atom is -0.507 e. The molecule has 0 aliphatic heterocycles. The Morgan fingerprint density at radius 1 is 1.06 bits per heavy atom. The van der Waals surface area contributed by atoms with Gasteiger partial charge in [-0.25, -0.2) is 4.79 Å². The number of fused-ring (bicyclic) bond motifs is 3. The lowest BCUT2D eigenvalue weighted by Gasteiger charge is -2.01. The van der Waals surface area contributed by atoms with Crippen LogP contribution in [0.3, 0.4) is 0 Å². The summed E-state index contributed by atoms with van der Waals surface area (Å²) in [6, 6.07) is 10.8. The second-order valence-corrected chi connectivity index (χ2v) is 4.82. The number of benzene rings is 2. The SMILES string of the molecule is O=C(O)c1c(O)ccc2sc3ccccc3c12. The second kappa shape index (κ2) is 3.46. The molecule has 2 aromatic carbocycles. The van der Waals surface area contributed by atoms with Gasteiger partial charge < -0.3 is 10.2 Å². The van der Waals surface area contributed by atoms with Gasteiger partial charge in [0.2, 0.25) is 0 Å². The van der Waals surface area contributed by atoms with Crippen molar-refractivity contribution >= 4 is 37.5 Å². The Bertz CT molecular complexity index is 743. The summed E-state index contributed by atoms with van der Waals surface area (Å²) in [6.45, 7) is 0. The van der Waals surface area contributed by atoms with Gasteiger partial charge in [0.25, 0.3) is 0 Å². The second-order valence-electron chi connectivity index (χ2n) is 3.74. The molecule has 0 amide bonds. The van der Waals surface area contributed by atoms with Gasteiger partial charge in [0, 0.05) is 20.2 Å². The molecule has 3 rings (SSSR count). The van der Waals surface area contributed by atoms with Crippen molar-refractivity contribution in [3.63, 3.8) is 0 Å². The van der Waals surface area contributed by atoms with Crippen LogP contribution < -0.4 is 0 Å². The molecule has 17 heavy (non-hydrogen) atoms. The molecule has 3 aromatic rings. The number of thiophene rings is 1. The Morgan fingerprint density at radius 3 is 2.59 bits per heavy atom. The van der Waals surface area contributed by atoms with Crippen LogP contribution in [0.4, 0.5) is 0 Å². The summed E-state index contributed by atoms with van der Waals surface area (Å²) in [6.07, 6.45) is 0. The van der Waals surface area contributed by atoms with E-state index in [1.54, 1.807) is 6.07 Å². The molecule has 0 spiro atoms. The summed E-state index contributed by atoms with van der Waals surface area (Å²) in [7, 11) is 0. The molecule has 0 bridgehead atoms. The molecule has 0 aliphatic rings. The molecule has 1 heterocycles. The summed E-state index contributed by atoms with van der Waals surface area (Å²) in [5, 5.41) is 20.4. The van der Waals surface area contributed by atoms with E-state index in [0.29, 0.717) is 5.39 Å². The monoisotopic (exact) mass is 244 g/mol. The fourth-order valence-electron chi connectivity index (χ4n) is 2.02. The van der Waals surface area contributed by atoms with Crippen molar-refractivity contribution in [1.29, 1.82) is 0 Å². The molecule has 0 unspecified atom stereocenters. The Morgan fingerprint density at radius 2 is 1.82 bits per heavy atom. The van der Waals surface area contributed by atoms with Crippen LogP contribution in [0.2, 0.25) is 0 Å². The predicted molar refractivity (Wildman–Crippen MR) is 68.0 cm³/mol. The van der Waals surface area contributed by atoms with Crippen LogP contribution in [0.1, 0.15) is 10.4 Å². The van der Waals surface area contributed by atoms with Crippen LogP contribution >= 0.6 is 11.3 Å². The Labute approximate surface area is 101 Å². The molecule has 0 atom stereocenters. The number of rotatable bonds is 1. The number of aromatic carboxylic acids is 1. The third-order valence-electron chi connectivity index (χ3n) is 2.74. The van der Waals surface area contributed by atoms with Crippen LogP contribution in [-0.4, -0.2) is 16.2 Å². The summed E-state index contributed by atoms with van der Waals surface area (Å²) in [4.78, 5) is 11.2. The van der Waals surface area contributed by atoms with Crippen LogP contribution in [0.15, 0.2) is 36.4 Å². The van der Waals surface area contributed by atoms with E-state index in [1.165, 1.54) is 17.4 Å². The first kappa shape index (κ1) is 10.1. The van der Waals surface area contributed by atoms with Gasteiger partial charge in [-0.2, -0.15) is 0 Å². The largest absolute Gasteiger partial charge is 0.507 e. The molecule has 0 aliphatic carbocycles. The zero-order valence-electron chi connectivity index (χ0n) is 8.68. The van der Waals surface area contributed by atoms with Gasteiger partial charge in [0.15, 0.2) is 0 Å². The highest BCUT2D eigenvalue weighted by atomic mass is 32.1. The van der Waals surface area contributed by atoms with Gasteiger partial charge in [0.05, 0.1) is 0 Å². The van der Waals surface area contributed by atoms with Gasteiger partial charge >= 0.3 is 5.97 Å². The molecule has 0 saturated carbocycles. The van der Waals surface area contributed by atoms with Crippen LogP contribution in [0.25, 0.3) is 20.2 Å². The number of aromatic hydroxyl groups is 1. The Hall–Kier alpha value is -2.07. The number of carboxylic acid groups (broad SMARTS) is 1. The molecule has 0 fully saturated rings. The first-order valence-electron chi connectivity index (χ1n) is 5.05. The van der Waals surface area contributed by atoms with Crippen molar-refractivity contribution in [3.8, 4) is 5.75 Å². The minimum atomic E-state index is -1.10. The van der Waals surface area contributed by atoms with E-state index in [2.05, 4.69) is 0 Å². The maximum absolute atomic E-state index is 11.2. The molecule has 0 radical (unpaired) electrons. The van der Waals surface area contributed by atoms with Crippen LogP contribution in [-0.2, 0) is 0 Å². The topological polar surface area (TPSA) is 57.5 Å². The van der Waals surface area contributed by atoms with Crippen molar-refractivity contribution in [3.05, 3.63) is 42.0 Å². The lowest BCUT2D eigenvalue weighted by molar-refractivity contribution is 0.0696. The molecular weight excluding hydrogens is 236 g/mol. The van der Waals surface area contributed by atoms with E-state index >= 15 is 0 Å². The quantitative estimate of drug-likeness (QED) is 0.689. The number of hydrogen-bond acceptors (Lipinski definition) is 3. The van der Waals surface area contributed by atoms with Crippen molar-refractivity contribution in [2.75, 3.05) is 0 Å². The molecule has 2 N–H and O–H groups in total. The van der Waals surface area contributed by atoms with E-state index in [1.807, 2.05) is 24.3 Å². The van der Waals surface area contributed by atoms with Crippen molar-refractivity contribution in [2.45, 2.75) is 0 Å². The fraction of sp³-hybridized carbons (Fsp3) is 0. The molecule has 0 saturated heterocycles. The summed E-state index contributed by atoms with van der Waals surface area (Å²) in [5.41, 5.74) is -0.0139. The zero-order valence-corrected chi connectivity index (χ0v) is 9.49. The van der Waals surface area contributed by atoms with Crippen LogP contribution in [0, 0.1) is 0 Å². The van der Waals surface area contributed by atoms with Gasteiger partial charge in [-0.05, 0) is 18.2 Å². The Kier molecular flexibility index (Phi) is 2.06. The van der Waals surface area contributed by atoms with Crippen molar-refractivity contribution in [1.82, 2.24) is 0 Å². The summed E-state index contributed by atoms with van der Waals surface area (Å²) in [5.74, 6) is -1.29. The third kappa shape index (κ3) is 1.38. The smallest absolute Gasteiger partial charge is 0.340 e. The molecule has 3 nitrogen and oxygen atoms in total. The van der Waals surface area contributed by atoms with E-state index in [9.17, 15) is 15.0 Å². The molecule has 1 aromatic heterocycles. The van der Waals surface area contributed by atoms with E-state index in [-0.39, 0.29) is 11.3 Å². The third-order valence-corrected chi connectivity index (χ3v) is 3.87. The maximum Gasteiger partial charge on any atom is 0.340 e. The highest BCUT2D eigenvalue weighted by Gasteiger charge is 2.17. The number of carbonyl (C=O) groups is 1. The average Bonchev–Trinajstić information content (AvgIpc) is 2.67. The van der Waals surface area contributed by atoms with Crippen molar-refractivity contribution in [2.24, 2.45) is 0 Å². The highest BCUT2D eigenvalue weighted by Crippen LogP contribution is 2.38. The molecule has 4 heteroatoms. The average molecular weight is 244 g/mol. The van der Waals surface area contributed by atoms with Gasteiger partial charge in [0.1, 0.15) is 11.3 Å². The Balaban J connectivity index is 2.60. The number of carboxylic acids is 1. The summed E-state index contributed by atoms with van der Waals surface area (Å²) < 4.78 is 1.90. The lowest BCUT2D eigenvalue weighted by Crippen LogP contribution is -1.97. The first-order chi connectivity index (χ1) is 8.18. The van der Waals surface area contributed by atoms with Gasteiger partial charge in [-0.3, -0.25) is 0 Å². The maximum atomic E-state index is 11.2. The van der Waals surface area contributed by atoms with Crippen molar-refractivity contribution < 1.29 is 15.0 Å². The summed E-state index contributed by atoms with van der Waals surface area (Å²) >= 11 is 1.53. The lowest BCUT2D eigenvalue weighted by atomic mass is 10.1. The van der Waals surface area contributed by atoms with E-state index in [0.717, 1.165) is 14.8 Å². The molecule has 84 valence electrons. The zero-order chi connectivity index (χ0) is 12.0. The highest BCUT2D eigenvalue weighted by molar-refractivity contribution is 7.25. The molecular formula is C13H8O3S. The number of phenols is 1. The fourth-order valence-corrected chi connectivity index (χ4v) is 3.14.